The number of unbranched alkanes of at least 4 members (excludes halogenated alkanes) is 20. The van der Waals surface area contributed by atoms with Crippen LogP contribution in [-0.4, -0.2) is 51.2 Å². The van der Waals surface area contributed by atoms with Gasteiger partial charge in [0.2, 0.25) is 0 Å². The van der Waals surface area contributed by atoms with Gasteiger partial charge in [0.15, 0.2) is 11.6 Å². The van der Waals surface area contributed by atoms with Crippen molar-refractivity contribution in [1.29, 1.82) is 0 Å². The molecule has 0 saturated carbocycles. The predicted octanol–water partition coefficient (Wildman–Crippen LogP) is 14.8. The summed E-state index contributed by atoms with van der Waals surface area (Å²) in [4.78, 5) is 0. The Hall–Kier alpha value is -0.200. The van der Waals surface area contributed by atoms with Crippen molar-refractivity contribution in [3.8, 4) is 0 Å². The van der Waals surface area contributed by atoms with Crippen molar-refractivity contribution in [2.24, 2.45) is 11.8 Å². The Morgan fingerprint density at radius 1 is 0.314 bits per heavy atom. The quantitative estimate of drug-likeness (QED) is 0.0463. The van der Waals surface area contributed by atoms with E-state index < -0.39 is 11.6 Å². The van der Waals surface area contributed by atoms with Crippen LogP contribution in [0, 0.1) is 11.8 Å². The van der Waals surface area contributed by atoms with Gasteiger partial charge in [-0.15, -0.1) is 0 Å². The van der Waals surface area contributed by atoms with Crippen molar-refractivity contribution in [3.05, 3.63) is 0 Å². The fourth-order valence-corrected chi connectivity index (χ4v) is 8.21. The maximum Gasteiger partial charge on any atom is 0.173 e. The van der Waals surface area contributed by atoms with Gasteiger partial charge in [-0.1, -0.05) is 169 Å². The van der Waals surface area contributed by atoms with Crippen LogP contribution in [0.3, 0.4) is 0 Å². The van der Waals surface area contributed by atoms with Gasteiger partial charge in [-0.3, -0.25) is 0 Å². The highest BCUT2D eigenvalue weighted by atomic mass is 16.7. The summed E-state index contributed by atoms with van der Waals surface area (Å²) in [5.74, 6) is -0.752. The molecule has 308 valence electrons. The van der Waals surface area contributed by atoms with E-state index in [0.29, 0.717) is 39.6 Å². The van der Waals surface area contributed by atoms with Gasteiger partial charge in [-0.2, -0.15) is 0 Å². The molecule has 0 aliphatic heterocycles. The maximum absolute atomic E-state index is 6.75. The summed E-state index contributed by atoms with van der Waals surface area (Å²) in [6.07, 6.45) is 35.7. The van der Waals surface area contributed by atoms with E-state index in [4.69, 9.17) is 23.7 Å². The highest BCUT2D eigenvalue weighted by Gasteiger charge is 2.42. The monoisotopic (exact) mass is 727 g/mol. The molecule has 5 heteroatoms. The second kappa shape index (κ2) is 36.8. The summed E-state index contributed by atoms with van der Waals surface area (Å²) in [7, 11) is 0. The number of hydrogen-bond donors (Lipinski definition) is 0. The van der Waals surface area contributed by atoms with Gasteiger partial charge in [0, 0.05) is 51.1 Å². The summed E-state index contributed by atoms with van der Waals surface area (Å²) in [6.45, 7) is 21.5. The number of hydrogen-bond acceptors (Lipinski definition) is 5. The molecule has 0 aliphatic carbocycles. The van der Waals surface area contributed by atoms with Crippen LogP contribution in [0.2, 0.25) is 0 Å². The van der Waals surface area contributed by atoms with Crippen LogP contribution in [0.5, 0.6) is 0 Å². The van der Waals surface area contributed by atoms with E-state index >= 15 is 0 Å². The highest BCUT2D eigenvalue weighted by molar-refractivity contribution is 4.83. The van der Waals surface area contributed by atoms with Crippen LogP contribution in [0.25, 0.3) is 0 Å². The SMILES string of the molecule is CCCCCCCCCCCCCC(OCC)(OCC)C(CCC)COCC(CCC)C(CCCCCCCCCCCCC)(OCC)OCC. The molecule has 2 unspecified atom stereocenters. The molecule has 0 rings (SSSR count). The van der Waals surface area contributed by atoms with E-state index in [9.17, 15) is 0 Å². The number of ether oxygens (including phenoxy) is 5. The maximum atomic E-state index is 6.75. The van der Waals surface area contributed by atoms with Gasteiger partial charge >= 0.3 is 0 Å². The van der Waals surface area contributed by atoms with Crippen LogP contribution in [-0.2, 0) is 23.7 Å². The normalized spacial score (nSPS) is 13.6. The van der Waals surface area contributed by atoms with Crippen molar-refractivity contribution in [3.63, 3.8) is 0 Å². The summed E-state index contributed by atoms with van der Waals surface area (Å²) in [6, 6.07) is 0. The van der Waals surface area contributed by atoms with Crippen molar-refractivity contribution >= 4 is 0 Å². The van der Waals surface area contributed by atoms with E-state index in [1.807, 2.05) is 0 Å². The summed E-state index contributed by atoms with van der Waals surface area (Å²) in [5, 5.41) is 0. The Kier molecular flexibility index (Phi) is 36.6. The van der Waals surface area contributed by atoms with E-state index in [-0.39, 0.29) is 11.8 Å². The van der Waals surface area contributed by atoms with E-state index in [1.165, 1.54) is 128 Å². The molecule has 0 aliphatic rings. The smallest absolute Gasteiger partial charge is 0.173 e. The first-order chi connectivity index (χ1) is 25.0. The van der Waals surface area contributed by atoms with E-state index in [0.717, 1.165) is 51.4 Å². The van der Waals surface area contributed by atoms with Gasteiger partial charge < -0.3 is 23.7 Å². The Balaban J connectivity index is 5.28. The summed E-state index contributed by atoms with van der Waals surface area (Å²) < 4.78 is 33.1. The minimum absolute atomic E-state index is 0.202. The average molecular weight is 727 g/mol. The molecular weight excluding hydrogens is 633 g/mol. The average Bonchev–Trinajstić information content (AvgIpc) is 3.12. The highest BCUT2D eigenvalue weighted by Crippen LogP contribution is 2.37. The predicted molar refractivity (Wildman–Crippen MR) is 222 cm³/mol. The zero-order valence-electron chi connectivity index (χ0n) is 36.2. The molecule has 0 amide bonds. The van der Waals surface area contributed by atoms with Gasteiger partial charge in [0.05, 0.1) is 13.2 Å². The third-order valence-electron chi connectivity index (χ3n) is 11.0. The van der Waals surface area contributed by atoms with Gasteiger partial charge in [-0.25, -0.2) is 0 Å². The lowest BCUT2D eigenvalue weighted by molar-refractivity contribution is -0.287. The second-order valence-corrected chi connectivity index (χ2v) is 15.4. The first-order valence-corrected chi connectivity index (χ1v) is 23.1. The lowest BCUT2D eigenvalue weighted by Crippen LogP contribution is -2.48. The van der Waals surface area contributed by atoms with Crippen LogP contribution in [0.1, 0.15) is 235 Å². The van der Waals surface area contributed by atoms with Gasteiger partial charge in [-0.05, 0) is 53.4 Å². The Morgan fingerprint density at radius 3 is 0.804 bits per heavy atom. The molecule has 0 saturated heterocycles. The minimum atomic E-state index is -0.578. The van der Waals surface area contributed by atoms with Crippen LogP contribution in [0.4, 0.5) is 0 Å². The minimum Gasteiger partial charge on any atom is -0.380 e. The van der Waals surface area contributed by atoms with Crippen molar-refractivity contribution in [2.45, 2.75) is 247 Å². The molecule has 0 aromatic heterocycles. The second-order valence-electron chi connectivity index (χ2n) is 15.4. The fourth-order valence-electron chi connectivity index (χ4n) is 8.21. The third kappa shape index (κ3) is 24.8. The van der Waals surface area contributed by atoms with E-state index in [2.05, 4.69) is 55.4 Å². The largest absolute Gasteiger partial charge is 0.380 e. The van der Waals surface area contributed by atoms with Gasteiger partial charge in [0.25, 0.3) is 0 Å². The lowest BCUT2D eigenvalue weighted by Gasteiger charge is -2.42. The molecule has 0 radical (unpaired) electrons. The Morgan fingerprint density at radius 2 is 0.569 bits per heavy atom. The first kappa shape index (κ1) is 50.8. The molecule has 0 aromatic rings. The Bertz CT molecular complexity index is 617. The fraction of sp³-hybridized carbons (Fsp3) is 1.00. The standard InChI is InChI=1S/C46H94O5/c1-9-17-19-21-23-25-27-29-31-33-35-39-45(48-13-5,49-14-6)43(37-11-3)41-47-42-44(38-12-4)46(50-15-7,51-16-8)40-36-34-32-30-28-26-24-22-20-18-10-2/h43-44H,9-42H2,1-8H3. The molecular formula is C46H94O5. The molecule has 0 N–H and O–H groups in total. The number of rotatable bonds is 42. The lowest BCUT2D eigenvalue weighted by atomic mass is 9.88. The molecule has 51 heavy (non-hydrogen) atoms. The van der Waals surface area contributed by atoms with Crippen molar-refractivity contribution in [2.75, 3.05) is 39.6 Å². The molecule has 2 atom stereocenters. The molecule has 0 bridgehead atoms. The van der Waals surface area contributed by atoms with E-state index in [1.54, 1.807) is 0 Å². The molecule has 0 spiro atoms. The zero-order valence-corrected chi connectivity index (χ0v) is 36.2. The molecule has 5 nitrogen and oxygen atoms in total. The third-order valence-corrected chi connectivity index (χ3v) is 11.0. The first-order valence-electron chi connectivity index (χ1n) is 23.1. The Labute approximate surface area is 321 Å². The van der Waals surface area contributed by atoms with Crippen molar-refractivity contribution in [1.82, 2.24) is 0 Å². The molecule has 0 fully saturated rings. The zero-order chi connectivity index (χ0) is 37.7. The topological polar surface area (TPSA) is 46.2 Å². The van der Waals surface area contributed by atoms with Crippen LogP contribution in [0.15, 0.2) is 0 Å². The van der Waals surface area contributed by atoms with Crippen LogP contribution < -0.4 is 0 Å². The van der Waals surface area contributed by atoms with Crippen LogP contribution >= 0.6 is 0 Å². The summed E-state index contributed by atoms with van der Waals surface area (Å²) in [5.41, 5.74) is 0. The van der Waals surface area contributed by atoms with Gasteiger partial charge in [0.1, 0.15) is 0 Å². The molecule has 0 heterocycles. The van der Waals surface area contributed by atoms with Crippen molar-refractivity contribution < 1.29 is 23.7 Å². The summed E-state index contributed by atoms with van der Waals surface area (Å²) >= 11 is 0. The molecule has 0 aromatic carbocycles.